The van der Waals surface area contributed by atoms with Gasteiger partial charge >= 0.3 is 0 Å². The lowest BCUT2D eigenvalue weighted by Crippen LogP contribution is -2.25. The Morgan fingerprint density at radius 3 is 2.92 bits per heavy atom. The Morgan fingerprint density at radius 2 is 2.24 bits per heavy atom. The van der Waals surface area contributed by atoms with E-state index in [0.29, 0.717) is 28.7 Å². The molecule has 0 spiro atoms. The summed E-state index contributed by atoms with van der Waals surface area (Å²) in [6.07, 6.45) is 1.82. The summed E-state index contributed by atoms with van der Waals surface area (Å²) in [6.45, 7) is 2.03. The second-order valence-corrected chi connectivity index (χ2v) is 5.44. The molecule has 3 aromatic rings. The van der Waals surface area contributed by atoms with Gasteiger partial charge in [-0.15, -0.1) is 0 Å². The lowest BCUT2D eigenvalue weighted by atomic mass is 10.2. The molecule has 0 atom stereocenters. The molecule has 3 rings (SSSR count). The van der Waals surface area contributed by atoms with Crippen molar-refractivity contribution in [2.45, 2.75) is 19.9 Å². The van der Waals surface area contributed by atoms with Crippen LogP contribution < -0.4 is 10.1 Å². The zero-order chi connectivity index (χ0) is 17.8. The second kappa shape index (κ2) is 7.08. The number of nitrogens with zero attached hydrogens (tertiary/aromatic N) is 2. The van der Waals surface area contributed by atoms with Crippen LogP contribution in [-0.2, 0) is 17.8 Å². The summed E-state index contributed by atoms with van der Waals surface area (Å²) in [4.78, 5) is 16.3. The van der Waals surface area contributed by atoms with Crippen LogP contribution in [0.2, 0.25) is 0 Å². The highest BCUT2D eigenvalue weighted by molar-refractivity contribution is 5.78. The molecule has 1 aromatic carbocycles. The molecule has 0 unspecified atom stereocenters. The lowest BCUT2D eigenvalue weighted by molar-refractivity contribution is -0.120. The van der Waals surface area contributed by atoms with E-state index < -0.39 is 0 Å². The number of aryl methyl sites for hydroxylation is 1. The number of phenols is 1. The molecule has 130 valence electrons. The third-order valence-electron chi connectivity index (χ3n) is 3.68. The number of hydrogen-bond donors (Lipinski definition) is 3. The number of carbonyl (C=O) groups is 1. The number of carbonyl (C=O) groups excluding carboxylic acids is 1. The number of methoxy groups -OCH3 is 1. The molecule has 8 nitrogen and oxygen atoms in total. The summed E-state index contributed by atoms with van der Waals surface area (Å²) in [5.74, 6) is 1.21. The van der Waals surface area contributed by atoms with E-state index in [4.69, 9.17) is 9.15 Å². The maximum Gasteiger partial charge on any atom is 0.226 e. The van der Waals surface area contributed by atoms with Gasteiger partial charge in [0.25, 0.3) is 0 Å². The third-order valence-corrected chi connectivity index (χ3v) is 3.68. The monoisotopic (exact) mass is 342 g/mol. The van der Waals surface area contributed by atoms with Crippen molar-refractivity contribution in [1.29, 1.82) is 0 Å². The highest BCUT2D eigenvalue weighted by Gasteiger charge is 2.14. The van der Waals surface area contributed by atoms with Crippen molar-refractivity contribution in [3.05, 3.63) is 47.6 Å². The summed E-state index contributed by atoms with van der Waals surface area (Å²) >= 11 is 0. The van der Waals surface area contributed by atoms with E-state index in [0.717, 1.165) is 5.69 Å². The van der Waals surface area contributed by atoms with E-state index in [1.165, 1.54) is 13.2 Å². The number of phenolic OH excluding ortho intramolecular Hbond substituents is 1. The zero-order valence-corrected chi connectivity index (χ0v) is 13.9. The van der Waals surface area contributed by atoms with Crippen LogP contribution in [0.3, 0.4) is 0 Å². The fourth-order valence-corrected chi connectivity index (χ4v) is 2.34. The molecule has 2 aromatic heterocycles. The smallest absolute Gasteiger partial charge is 0.226 e. The molecule has 8 heteroatoms. The zero-order valence-electron chi connectivity index (χ0n) is 13.9. The molecule has 0 aliphatic carbocycles. The van der Waals surface area contributed by atoms with E-state index in [1.807, 2.05) is 0 Å². The van der Waals surface area contributed by atoms with Gasteiger partial charge in [0.1, 0.15) is 11.5 Å². The lowest BCUT2D eigenvalue weighted by Gasteiger charge is -2.03. The van der Waals surface area contributed by atoms with Gasteiger partial charge in [-0.2, -0.15) is 5.10 Å². The number of ether oxygens (including phenoxy) is 1. The molecule has 1 amide bonds. The molecular weight excluding hydrogens is 324 g/mol. The largest absolute Gasteiger partial charge is 0.504 e. The number of oxazole rings is 1. The van der Waals surface area contributed by atoms with Crippen LogP contribution in [0, 0.1) is 6.92 Å². The maximum absolute atomic E-state index is 11.9. The van der Waals surface area contributed by atoms with Crippen LogP contribution in [0.15, 0.2) is 34.9 Å². The van der Waals surface area contributed by atoms with Crippen molar-refractivity contribution in [3.8, 4) is 23.0 Å². The molecule has 25 heavy (non-hydrogen) atoms. The number of nitrogens with one attached hydrogen (secondary N) is 2. The molecule has 0 aliphatic heterocycles. The Hall–Kier alpha value is -3.29. The van der Waals surface area contributed by atoms with Gasteiger partial charge in [0.05, 0.1) is 20.1 Å². The van der Waals surface area contributed by atoms with Gasteiger partial charge in [0.15, 0.2) is 11.5 Å². The molecule has 2 heterocycles. The highest BCUT2D eigenvalue weighted by Crippen LogP contribution is 2.31. The van der Waals surface area contributed by atoms with Crippen LogP contribution >= 0.6 is 0 Å². The second-order valence-electron chi connectivity index (χ2n) is 5.44. The molecular formula is C17H18N4O4. The van der Waals surface area contributed by atoms with Crippen molar-refractivity contribution >= 4 is 5.91 Å². The van der Waals surface area contributed by atoms with Gasteiger partial charge in [0, 0.05) is 17.5 Å². The van der Waals surface area contributed by atoms with Crippen LogP contribution in [-0.4, -0.2) is 33.3 Å². The quantitative estimate of drug-likeness (QED) is 0.631. The number of rotatable bonds is 6. The number of hydrogen-bond acceptors (Lipinski definition) is 6. The Bertz CT molecular complexity index is 871. The molecule has 0 saturated heterocycles. The summed E-state index contributed by atoms with van der Waals surface area (Å²) < 4.78 is 10.7. The molecule has 0 aliphatic rings. The van der Waals surface area contributed by atoms with Gasteiger partial charge in [0.2, 0.25) is 11.8 Å². The standard InChI is InChI=1S/C17H18N4O4/c1-10-13(9-18-16(23)8-12-5-6-19-21-12)20-17(25-10)11-3-4-15(24-2)14(22)7-11/h3-7,22H,8-9H2,1-2H3,(H,18,23)(H,19,21). The Kier molecular flexibility index (Phi) is 4.69. The number of H-pyrrole nitrogens is 1. The third kappa shape index (κ3) is 3.79. The summed E-state index contributed by atoms with van der Waals surface area (Å²) in [5.41, 5.74) is 1.99. The fraction of sp³-hybridized carbons (Fsp3) is 0.235. The first kappa shape index (κ1) is 16.6. The Balaban J connectivity index is 1.68. The van der Waals surface area contributed by atoms with E-state index in [-0.39, 0.29) is 24.6 Å². The first-order valence-electron chi connectivity index (χ1n) is 7.65. The van der Waals surface area contributed by atoms with E-state index >= 15 is 0 Å². The van der Waals surface area contributed by atoms with Crippen LogP contribution in [0.25, 0.3) is 11.5 Å². The topological polar surface area (TPSA) is 113 Å². The number of aromatic nitrogens is 3. The fourth-order valence-electron chi connectivity index (χ4n) is 2.34. The van der Waals surface area contributed by atoms with Gasteiger partial charge < -0.3 is 19.6 Å². The number of amides is 1. The van der Waals surface area contributed by atoms with Gasteiger partial charge in [-0.25, -0.2) is 4.98 Å². The van der Waals surface area contributed by atoms with Gasteiger partial charge in [-0.05, 0) is 31.2 Å². The molecule has 0 bridgehead atoms. The van der Waals surface area contributed by atoms with Crippen molar-refractivity contribution < 1.29 is 19.1 Å². The molecule has 3 N–H and O–H groups in total. The SMILES string of the molecule is COc1ccc(-c2nc(CNC(=O)Cc3ccn[nH]3)c(C)o2)cc1O. The molecule has 0 saturated carbocycles. The van der Waals surface area contributed by atoms with Gasteiger partial charge in [-0.1, -0.05) is 0 Å². The van der Waals surface area contributed by atoms with Crippen molar-refractivity contribution in [1.82, 2.24) is 20.5 Å². The number of benzene rings is 1. The summed E-state index contributed by atoms with van der Waals surface area (Å²) in [5, 5.41) is 19.2. The average Bonchev–Trinajstić information content (AvgIpc) is 3.22. The molecule has 0 radical (unpaired) electrons. The predicted octanol–water partition coefficient (Wildman–Crippen LogP) is 1.95. The molecule has 0 fully saturated rings. The Labute approximate surface area is 143 Å². The highest BCUT2D eigenvalue weighted by atomic mass is 16.5. The minimum absolute atomic E-state index is 0.00487. The van der Waals surface area contributed by atoms with E-state index in [2.05, 4.69) is 20.5 Å². The van der Waals surface area contributed by atoms with Gasteiger partial charge in [-0.3, -0.25) is 9.89 Å². The Morgan fingerprint density at radius 1 is 1.40 bits per heavy atom. The van der Waals surface area contributed by atoms with E-state index in [1.54, 1.807) is 31.3 Å². The predicted molar refractivity (Wildman–Crippen MR) is 89.0 cm³/mol. The maximum atomic E-state index is 11.9. The van der Waals surface area contributed by atoms with Crippen molar-refractivity contribution in [3.63, 3.8) is 0 Å². The van der Waals surface area contributed by atoms with Crippen LogP contribution in [0.5, 0.6) is 11.5 Å². The number of aromatic hydroxyl groups is 1. The summed E-state index contributed by atoms with van der Waals surface area (Å²) in [7, 11) is 1.48. The minimum Gasteiger partial charge on any atom is -0.504 e. The van der Waals surface area contributed by atoms with Crippen molar-refractivity contribution in [2.24, 2.45) is 0 Å². The normalized spacial score (nSPS) is 10.6. The van der Waals surface area contributed by atoms with E-state index in [9.17, 15) is 9.90 Å². The summed E-state index contributed by atoms with van der Waals surface area (Å²) in [6, 6.07) is 6.64. The number of aromatic amines is 1. The first-order valence-corrected chi connectivity index (χ1v) is 7.65. The minimum atomic E-state index is -0.143. The van der Waals surface area contributed by atoms with Crippen LogP contribution in [0.1, 0.15) is 17.1 Å². The first-order chi connectivity index (χ1) is 12.1. The van der Waals surface area contributed by atoms with Crippen molar-refractivity contribution in [2.75, 3.05) is 7.11 Å². The average molecular weight is 342 g/mol. The van der Waals surface area contributed by atoms with Crippen LogP contribution in [0.4, 0.5) is 0 Å².